The molecule has 0 aliphatic carbocycles. The maximum absolute atomic E-state index is 11.2. The first-order valence-corrected chi connectivity index (χ1v) is 4.92. The molecule has 1 heterocycles. The molecule has 0 spiro atoms. The van der Waals surface area contributed by atoms with Crippen molar-refractivity contribution in [3.63, 3.8) is 0 Å². The monoisotopic (exact) mass is 216 g/mol. The highest BCUT2D eigenvalue weighted by Gasteiger charge is 2.27. The number of cyclic esters (lactones) is 1. The highest BCUT2D eigenvalue weighted by atomic mass is 16.5. The van der Waals surface area contributed by atoms with Crippen molar-refractivity contribution in [1.82, 2.24) is 0 Å². The molecule has 0 amide bonds. The summed E-state index contributed by atoms with van der Waals surface area (Å²) in [6.07, 6.45) is 0.248. The maximum atomic E-state index is 11.2. The van der Waals surface area contributed by atoms with Crippen LogP contribution in [0.5, 0.6) is 0 Å². The molecule has 0 aromatic carbocycles. The fourth-order valence-corrected chi connectivity index (χ4v) is 1.18. The van der Waals surface area contributed by atoms with Gasteiger partial charge in [0.1, 0.15) is 13.2 Å². The van der Waals surface area contributed by atoms with Crippen molar-refractivity contribution < 1.29 is 24.2 Å². The zero-order chi connectivity index (χ0) is 11.3. The van der Waals surface area contributed by atoms with Crippen LogP contribution in [0.4, 0.5) is 0 Å². The average Bonchev–Trinajstić information content (AvgIpc) is 2.23. The second-order valence-electron chi connectivity index (χ2n) is 4.16. The number of ether oxygens (including phenoxy) is 2. The van der Waals surface area contributed by atoms with Crippen LogP contribution in [0.1, 0.15) is 19.8 Å². The van der Waals surface area contributed by atoms with E-state index in [1.165, 1.54) is 0 Å². The van der Waals surface area contributed by atoms with E-state index in [4.69, 9.17) is 14.6 Å². The number of carbonyl (C=O) groups is 2. The normalized spacial score (nSPS) is 29.7. The van der Waals surface area contributed by atoms with Gasteiger partial charge in [-0.05, 0) is 0 Å². The van der Waals surface area contributed by atoms with Gasteiger partial charge in [0.15, 0.2) is 5.78 Å². The Morgan fingerprint density at radius 2 is 2.07 bits per heavy atom. The van der Waals surface area contributed by atoms with Gasteiger partial charge in [-0.1, -0.05) is 6.92 Å². The van der Waals surface area contributed by atoms with Gasteiger partial charge in [-0.15, -0.1) is 0 Å². The van der Waals surface area contributed by atoms with E-state index in [1.807, 2.05) is 0 Å². The molecule has 1 aliphatic heterocycles. The predicted octanol–water partition coefficient (Wildman–Crippen LogP) is -0.0923. The van der Waals surface area contributed by atoms with Gasteiger partial charge < -0.3 is 14.6 Å². The van der Waals surface area contributed by atoms with Crippen molar-refractivity contribution in [1.29, 1.82) is 0 Å². The molecule has 1 N–H and O–H groups in total. The lowest BCUT2D eigenvalue weighted by molar-refractivity contribution is -0.153. The molecule has 86 valence electrons. The molecule has 1 aliphatic rings. The average molecular weight is 216 g/mol. The van der Waals surface area contributed by atoms with Crippen LogP contribution < -0.4 is 0 Å². The number of carbonyl (C=O) groups excluding carboxylic acids is 2. The van der Waals surface area contributed by atoms with Gasteiger partial charge in [0.2, 0.25) is 0 Å². The molecule has 0 bridgehead atoms. The standard InChI is InChI=1S/C10H16O5/c1-10(5-11)6-14-4-8(12)2-3-9(13)15-7-10/h11H,2-7H2,1H3. The van der Waals surface area contributed by atoms with E-state index in [1.54, 1.807) is 6.92 Å². The van der Waals surface area contributed by atoms with Gasteiger partial charge in [0, 0.05) is 11.8 Å². The van der Waals surface area contributed by atoms with Crippen molar-refractivity contribution >= 4 is 11.8 Å². The third-order valence-electron chi connectivity index (χ3n) is 2.28. The summed E-state index contributed by atoms with van der Waals surface area (Å²) in [5, 5.41) is 9.13. The zero-order valence-electron chi connectivity index (χ0n) is 8.82. The van der Waals surface area contributed by atoms with Gasteiger partial charge in [-0.2, -0.15) is 0 Å². The summed E-state index contributed by atoms with van der Waals surface area (Å²) in [6, 6.07) is 0. The first-order valence-electron chi connectivity index (χ1n) is 4.92. The lowest BCUT2D eigenvalue weighted by atomic mass is 9.94. The molecule has 1 rings (SSSR count). The highest BCUT2D eigenvalue weighted by molar-refractivity contribution is 5.83. The number of esters is 1. The molecule has 5 heteroatoms. The lowest BCUT2D eigenvalue weighted by Crippen LogP contribution is -2.35. The van der Waals surface area contributed by atoms with Crippen LogP contribution in [-0.2, 0) is 19.1 Å². The van der Waals surface area contributed by atoms with Crippen molar-refractivity contribution in [2.24, 2.45) is 5.41 Å². The molecule has 5 nitrogen and oxygen atoms in total. The molecule has 0 aromatic rings. The molecular formula is C10H16O5. The topological polar surface area (TPSA) is 72.8 Å². The molecule has 0 aromatic heterocycles. The second-order valence-corrected chi connectivity index (χ2v) is 4.16. The lowest BCUT2D eigenvalue weighted by Gasteiger charge is -2.27. The third kappa shape index (κ3) is 3.97. The Bertz CT molecular complexity index is 250. The van der Waals surface area contributed by atoms with E-state index in [2.05, 4.69) is 0 Å². The molecule has 1 saturated heterocycles. The number of aliphatic hydroxyl groups is 1. The van der Waals surface area contributed by atoms with Gasteiger partial charge in [0.05, 0.1) is 19.6 Å². The van der Waals surface area contributed by atoms with E-state index >= 15 is 0 Å². The summed E-state index contributed by atoms with van der Waals surface area (Å²) in [4.78, 5) is 22.3. The van der Waals surface area contributed by atoms with E-state index in [0.717, 1.165) is 0 Å². The molecule has 1 unspecified atom stereocenters. The Hall–Kier alpha value is -0.940. The van der Waals surface area contributed by atoms with Crippen molar-refractivity contribution in [3.05, 3.63) is 0 Å². The first kappa shape index (κ1) is 12.1. The van der Waals surface area contributed by atoms with E-state index in [0.29, 0.717) is 0 Å². The maximum Gasteiger partial charge on any atom is 0.306 e. The minimum Gasteiger partial charge on any atom is -0.465 e. The second kappa shape index (κ2) is 5.23. The molecular weight excluding hydrogens is 200 g/mol. The quantitative estimate of drug-likeness (QED) is 0.620. The van der Waals surface area contributed by atoms with Gasteiger partial charge in [0.25, 0.3) is 0 Å². The van der Waals surface area contributed by atoms with Crippen LogP contribution in [-0.4, -0.2) is 43.3 Å². The Labute approximate surface area is 88.4 Å². The largest absolute Gasteiger partial charge is 0.465 e. The fourth-order valence-electron chi connectivity index (χ4n) is 1.18. The Balaban J connectivity index is 2.59. The minimum atomic E-state index is -0.618. The summed E-state index contributed by atoms with van der Waals surface area (Å²) in [7, 11) is 0. The Morgan fingerprint density at radius 1 is 1.33 bits per heavy atom. The van der Waals surface area contributed by atoms with E-state index < -0.39 is 11.4 Å². The summed E-state index contributed by atoms with van der Waals surface area (Å²) in [5.74, 6) is -0.515. The number of aliphatic hydroxyl groups excluding tert-OH is 1. The SMILES string of the molecule is CC1(CO)COCC(=O)CCC(=O)OC1. The van der Waals surface area contributed by atoms with Crippen LogP contribution >= 0.6 is 0 Å². The van der Waals surface area contributed by atoms with Crippen LogP contribution in [0.25, 0.3) is 0 Å². The van der Waals surface area contributed by atoms with Gasteiger partial charge in [-0.3, -0.25) is 9.59 Å². The highest BCUT2D eigenvalue weighted by Crippen LogP contribution is 2.18. The van der Waals surface area contributed by atoms with Crippen LogP contribution in [0.3, 0.4) is 0 Å². The predicted molar refractivity (Wildman–Crippen MR) is 51.2 cm³/mol. The van der Waals surface area contributed by atoms with Gasteiger partial charge in [-0.25, -0.2) is 0 Å². The summed E-state index contributed by atoms with van der Waals surface area (Å²) >= 11 is 0. The van der Waals surface area contributed by atoms with Crippen LogP contribution in [0.2, 0.25) is 0 Å². The fraction of sp³-hybridized carbons (Fsp3) is 0.800. The number of hydrogen-bond acceptors (Lipinski definition) is 5. The number of ketones is 1. The summed E-state index contributed by atoms with van der Waals surface area (Å²) in [5.41, 5.74) is -0.618. The van der Waals surface area contributed by atoms with Crippen molar-refractivity contribution in [2.45, 2.75) is 19.8 Å². The zero-order valence-corrected chi connectivity index (χ0v) is 8.82. The van der Waals surface area contributed by atoms with E-state index in [-0.39, 0.29) is 45.1 Å². The first-order chi connectivity index (χ1) is 7.06. The summed E-state index contributed by atoms with van der Waals surface area (Å²) < 4.78 is 10.1. The number of hydrogen-bond donors (Lipinski definition) is 1. The Kier molecular flexibility index (Phi) is 4.23. The molecule has 1 atom stereocenters. The van der Waals surface area contributed by atoms with Crippen LogP contribution in [0.15, 0.2) is 0 Å². The summed E-state index contributed by atoms with van der Waals surface area (Å²) in [6.45, 7) is 1.93. The van der Waals surface area contributed by atoms with Crippen molar-refractivity contribution in [2.75, 3.05) is 26.4 Å². The van der Waals surface area contributed by atoms with Crippen LogP contribution in [0, 0.1) is 5.41 Å². The van der Waals surface area contributed by atoms with Gasteiger partial charge >= 0.3 is 5.97 Å². The Morgan fingerprint density at radius 3 is 2.73 bits per heavy atom. The third-order valence-corrected chi connectivity index (χ3v) is 2.28. The number of Topliss-reactive ketones (excluding diaryl/α,β-unsaturated/α-hetero) is 1. The smallest absolute Gasteiger partial charge is 0.306 e. The molecule has 0 saturated carbocycles. The number of rotatable bonds is 1. The molecule has 1 fully saturated rings. The minimum absolute atomic E-state index is 0.00285. The molecule has 0 radical (unpaired) electrons. The van der Waals surface area contributed by atoms with E-state index in [9.17, 15) is 9.59 Å². The molecule has 15 heavy (non-hydrogen) atoms. The van der Waals surface area contributed by atoms with Crippen molar-refractivity contribution in [3.8, 4) is 0 Å².